The summed E-state index contributed by atoms with van der Waals surface area (Å²) in [6, 6.07) is 19.7. The number of para-hydroxylation sites is 1. The van der Waals surface area contributed by atoms with Crippen molar-refractivity contribution >= 4 is 35.0 Å². The number of hydrogen-bond acceptors (Lipinski definition) is 3. The standard InChI is InChI=1S/C27H25ClFN3O3/c28-19-9-5-17(6-10-19)21(18-7-11-20(29)12-8-18)15-16-30-25(33)14-13-24-27(35)31-23-4-2-1-3-22(23)26(34)32-24/h1-12,21,24H,13-16H2,(H,30,33)(H,31,35)(H,32,34)/t21?,24-/m0/s1. The molecule has 0 saturated heterocycles. The Morgan fingerprint density at radius 1 is 0.971 bits per heavy atom. The predicted octanol–water partition coefficient (Wildman–Crippen LogP) is 4.65. The molecule has 0 fully saturated rings. The van der Waals surface area contributed by atoms with Crippen LogP contribution in [0, 0.1) is 5.82 Å². The number of carbonyl (C=O) groups is 3. The molecular formula is C27H25ClFN3O3. The van der Waals surface area contributed by atoms with Gasteiger partial charge in [0.05, 0.1) is 11.3 Å². The molecule has 0 bridgehead atoms. The van der Waals surface area contributed by atoms with Crippen LogP contribution >= 0.6 is 11.6 Å². The van der Waals surface area contributed by atoms with Gasteiger partial charge in [0.1, 0.15) is 11.9 Å². The molecular weight excluding hydrogens is 469 g/mol. The minimum atomic E-state index is -0.804. The number of amides is 3. The van der Waals surface area contributed by atoms with Crippen LogP contribution in [-0.4, -0.2) is 30.3 Å². The van der Waals surface area contributed by atoms with E-state index >= 15 is 0 Å². The smallest absolute Gasteiger partial charge is 0.254 e. The van der Waals surface area contributed by atoms with Gasteiger partial charge in [0.15, 0.2) is 0 Å². The molecule has 180 valence electrons. The zero-order valence-corrected chi connectivity index (χ0v) is 19.6. The van der Waals surface area contributed by atoms with Crippen molar-refractivity contribution in [3.63, 3.8) is 0 Å². The molecule has 4 rings (SSSR count). The van der Waals surface area contributed by atoms with Crippen LogP contribution in [0.3, 0.4) is 0 Å². The highest BCUT2D eigenvalue weighted by atomic mass is 35.5. The quantitative estimate of drug-likeness (QED) is 0.427. The highest BCUT2D eigenvalue weighted by molar-refractivity contribution is 6.30. The molecule has 1 aliphatic heterocycles. The van der Waals surface area contributed by atoms with Gasteiger partial charge < -0.3 is 16.0 Å². The molecule has 0 spiro atoms. The number of nitrogens with one attached hydrogen (secondary N) is 3. The van der Waals surface area contributed by atoms with Gasteiger partial charge in [0.2, 0.25) is 11.8 Å². The van der Waals surface area contributed by atoms with E-state index in [0.717, 1.165) is 11.1 Å². The van der Waals surface area contributed by atoms with E-state index in [2.05, 4.69) is 16.0 Å². The second-order valence-corrected chi connectivity index (χ2v) is 8.83. The Labute approximate surface area is 207 Å². The largest absolute Gasteiger partial charge is 0.356 e. The predicted molar refractivity (Wildman–Crippen MR) is 133 cm³/mol. The first-order valence-electron chi connectivity index (χ1n) is 11.4. The lowest BCUT2D eigenvalue weighted by Gasteiger charge is -2.19. The summed E-state index contributed by atoms with van der Waals surface area (Å²) in [6.07, 6.45) is 0.849. The van der Waals surface area contributed by atoms with Gasteiger partial charge >= 0.3 is 0 Å². The van der Waals surface area contributed by atoms with Crippen molar-refractivity contribution in [1.82, 2.24) is 10.6 Å². The third-order valence-electron chi connectivity index (χ3n) is 6.01. The van der Waals surface area contributed by atoms with Gasteiger partial charge in [-0.15, -0.1) is 0 Å². The van der Waals surface area contributed by atoms with Crippen LogP contribution in [0.25, 0.3) is 0 Å². The van der Waals surface area contributed by atoms with Crippen LogP contribution in [0.1, 0.15) is 46.7 Å². The zero-order chi connectivity index (χ0) is 24.8. The molecule has 0 aliphatic carbocycles. The monoisotopic (exact) mass is 493 g/mol. The zero-order valence-electron chi connectivity index (χ0n) is 18.9. The third-order valence-corrected chi connectivity index (χ3v) is 6.26. The summed E-state index contributed by atoms with van der Waals surface area (Å²) in [7, 11) is 0. The van der Waals surface area contributed by atoms with Crippen molar-refractivity contribution < 1.29 is 18.8 Å². The minimum absolute atomic E-state index is 0.0569. The second-order valence-electron chi connectivity index (χ2n) is 8.39. The summed E-state index contributed by atoms with van der Waals surface area (Å²) in [6.45, 7) is 0.387. The van der Waals surface area contributed by atoms with Gasteiger partial charge in [0.25, 0.3) is 5.91 Å². The molecule has 2 atom stereocenters. The summed E-state index contributed by atoms with van der Waals surface area (Å²) in [5.74, 6) is -1.29. The van der Waals surface area contributed by atoms with E-state index in [1.807, 2.05) is 12.1 Å². The fraction of sp³-hybridized carbons (Fsp3) is 0.222. The highest BCUT2D eigenvalue weighted by Crippen LogP contribution is 2.29. The van der Waals surface area contributed by atoms with E-state index < -0.39 is 6.04 Å². The molecule has 3 amide bonds. The SMILES string of the molecule is O=C(CC[C@@H]1NC(=O)c2ccccc2NC1=O)NCCC(c1ccc(F)cc1)c1ccc(Cl)cc1. The Morgan fingerprint density at radius 3 is 2.34 bits per heavy atom. The molecule has 3 aromatic carbocycles. The van der Waals surface area contributed by atoms with Crippen LogP contribution in [-0.2, 0) is 9.59 Å². The Balaban J connectivity index is 1.32. The number of rotatable bonds is 8. The summed E-state index contributed by atoms with van der Waals surface area (Å²) in [5, 5.41) is 8.95. The first-order chi connectivity index (χ1) is 16.9. The number of benzene rings is 3. The van der Waals surface area contributed by atoms with Crippen molar-refractivity contribution in [2.24, 2.45) is 0 Å². The topological polar surface area (TPSA) is 87.3 Å². The number of fused-ring (bicyclic) bond motifs is 1. The summed E-state index contributed by atoms with van der Waals surface area (Å²) >= 11 is 6.02. The molecule has 0 radical (unpaired) electrons. The molecule has 35 heavy (non-hydrogen) atoms. The van der Waals surface area contributed by atoms with E-state index in [-0.39, 0.29) is 42.3 Å². The van der Waals surface area contributed by atoms with Gasteiger partial charge in [-0.05, 0) is 60.4 Å². The van der Waals surface area contributed by atoms with Crippen molar-refractivity contribution in [1.29, 1.82) is 0 Å². The molecule has 8 heteroatoms. The van der Waals surface area contributed by atoms with Crippen LogP contribution in [0.15, 0.2) is 72.8 Å². The Hall–Kier alpha value is -3.71. The second kappa shape index (κ2) is 11.1. The van der Waals surface area contributed by atoms with Gasteiger partial charge in [-0.2, -0.15) is 0 Å². The van der Waals surface area contributed by atoms with Crippen molar-refractivity contribution in [2.45, 2.75) is 31.2 Å². The minimum Gasteiger partial charge on any atom is -0.356 e. The maximum Gasteiger partial charge on any atom is 0.254 e. The molecule has 1 unspecified atom stereocenters. The Kier molecular flexibility index (Phi) is 7.77. The van der Waals surface area contributed by atoms with E-state index in [1.54, 1.807) is 48.5 Å². The van der Waals surface area contributed by atoms with Gasteiger partial charge in [-0.25, -0.2) is 4.39 Å². The summed E-state index contributed by atoms with van der Waals surface area (Å²) in [5.41, 5.74) is 2.78. The molecule has 1 heterocycles. The maximum atomic E-state index is 13.4. The fourth-order valence-electron chi connectivity index (χ4n) is 4.15. The lowest BCUT2D eigenvalue weighted by molar-refractivity contribution is -0.121. The number of carbonyl (C=O) groups excluding carboxylic acids is 3. The Bertz CT molecular complexity index is 1170. The van der Waals surface area contributed by atoms with Gasteiger partial charge in [-0.1, -0.05) is 48.0 Å². The Morgan fingerprint density at radius 2 is 1.63 bits per heavy atom. The number of halogens is 2. The average Bonchev–Trinajstić information content (AvgIpc) is 2.97. The van der Waals surface area contributed by atoms with Crippen molar-refractivity contribution in [2.75, 3.05) is 11.9 Å². The van der Waals surface area contributed by atoms with Crippen LogP contribution < -0.4 is 16.0 Å². The van der Waals surface area contributed by atoms with Crippen molar-refractivity contribution in [3.8, 4) is 0 Å². The molecule has 1 aliphatic rings. The van der Waals surface area contributed by atoms with Gasteiger partial charge in [0, 0.05) is 23.9 Å². The lowest BCUT2D eigenvalue weighted by Crippen LogP contribution is -2.42. The highest BCUT2D eigenvalue weighted by Gasteiger charge is 2.27. The lowest BCUT2D eigenvalue weighted by atomic mass is 9.88. The van der Waals surface area contributed by atoms with Crippen LogP contribution in [0.4, 0.5) is 10.1 Å². The van der Waals surface area contributed by atoms with Crippen LogP contribution in [0.5, 0.6) is 0 Å². The summed E-state index contributed by atoms with van der Waals surface area (Å²) in [4.78, 5) is 37.4. The number of hydrogen-bond donors (Lipinski definition) is 3. The van der Waals surface area contributed by atoms with E-state index in [4.69, 9.17) is 11.6 Å². The molecule has 3 N–H and O–H groups in total. The number of anilines is 1. The maximum absolute atomic E-state index is 13.4. The van der Waals surface area contributed by atoms with E-state index in [9.17, 15) is 18.8 Å². The molecule has 6 nitrogen and oxygen atoms in total. The first-order valence-corrected chi connectivity index (χ1v) is 11.8. The third kappa shape index (κ3) is 6.25. The van der Waals surface area contributed by atoms with E-state index in [0.29, 0.717) is 29.2 Å². The normalized spacial score (nSPS) is 15.9. The first kappa shape index (κ1) is 24.4. The van der Waals surface area contributed by atoms with E-state index in [1.165, 1.54) is 12.1 Å². The van der Waals surface area contributed by atoms with Crippen molar-refractivity contribution in [3.05, 3.63) is 100 Å². The fourth-order valence-corrected chi connectivity index (χ4v) is 4.28. The van der Waals surface area contributed by atoms with Crippen LogP contribution in [0.2, 0.25) is 5.02 Å². The molecule has 0 aromatic heterocycles. The average molecular weight is 494 g/mol. The molecule has 0 saturated carbocycles. The van der Waals surface area contributed by atoms with Gasteiger partial charge in [-0.3, -0.25) is 14.4 Å². The summed E-state index contributed by atoms with van der Waals surface area (Å²) < 4.78 is 13.4. The molecule has 3 aromatic rings.